The number of hydrogen-bond acceptors (Lipinski definition) is 4. The normalized spacial score (nSPS) is 11.5. The molecule has 0 saturated carbocycles. The molecule has 0 fully saturated rings. The first-order valence-electron chi connectivity index (χ1n) is 5.06. The standard InChI is InChI=1S/C12H11N3O2/c1-8(16)7-10-11(14-15-12(17)13-10)9-5-3-2-4-6-9/h2-7,16H,1H3,(H,13,15,17)/b8-7+. The van der Waals surface area contributed by atoms with Gasteiger partial charge in [0.25, 0.3) is 0 Å². The van der Waals surface area contributed by atoms with Crippen molar-refractivity contribution in [2.45, 2.75) is 6.92 Å². The predicted molar refractivity (Wildman–Crippen MR) is 64.4 cm³/mol. The minimum atomic E-state index is -0.544. The highest BCUT2D eigenvalue weighted by Gasteiger charge is 2.07. The molecule has 2 N–H and O–H groups in total. The summed E-state index contributed by atoms with van der Waals surface area (Å²) in [5.41, 5.74) is 1.15. The number of allylic oxidation sites excluding steroid dienone is 1. The largest absolute Gasteiger partial charge is 0.513 e. The lowest BCUT2D eigenvalue weighted by molar-refractivity contribution is 0.419. The summed E-state index contributed by atoms with van der Waals surface area (Å²) in [5, 5.41) is 15.5. The van der Waals surface area contributed by atoms with Crippen molar-refractivity contribution in [3.8, 4) is 11.3 Å². The van der Waals surface area contributed by atoms with E-state index in [1.54, 1.807) is 0 Å². The van der Waals surface area contributed by atoms with Crippen LogP contribution < -0.4 is 5.69 Å². The lowest BCUT2D eigenvalue weighted by atomic mass is 10.1. The summed E-state index contributed by atoms with van der Waals surface area (Å²) in [6.07, 6.45) is 1.41. The third kappa shape index (κ3) is 2.57. The van der Waals surface area contributed by atoms with Crippen LogP contribution in [0.3, 0.4) is 0 Å². The van der Waals surface area contributed by atoms with Crippen molar-refractivity contribution in [3.63, 3.8) is 0 Å². The molecule has 1 aromatic heterocycles. The van der Waals surface area contributed by atoms with E-state index in [2.05, 4.69) is 15.2 Å². The van der Waals surface area contributed by atoms with Gasteiger partial charge in [-0.3, -0.25) is 0 Å². The summed E-state index contributed by atoms with van der Waals surface area (Å²) in [4.78, 5) is 14.9. The molecule has 0 saturated heterocycles. The van der Waals surface area contributed by atoms with Crippen molar-refractivity contribution in [1.29, 1.82) is 0 Å². The van der Waals surface area contributed by atoms with E-state index in [1.165, 1.54) is 13.0 Å². The first-order chi connectivity index (χ1) is 8.16. The molecule has 86 valence electrons. The van der Waals surface area contributed by atoms with Crippen molar-refractivity contribution in [2.24, 2.45) is 0 Å². The summed E-state index contributed by atoms with van der Waals surface area (Å²) < 4.78 is 0. The first kappa shape index (κ1) is 11.1. The number of nitrogens with one attached hydrogen (secondary N) is 1. The van der Waals surface area contributed by atoms with Gasteiger partial charge in [-0.15, -0.1) is 0 Å². The molecule has 0 aliphatic heterocycles. The zero-order valence-electron chi connectivity index (χ0n) is 9.21. The number of aromatic nitrogens is 3. The van der Waals surface area contributed by atoms with Crippen molar-refractivity contribution >= 4 is 6.08 Å². The molecule has 0 spiro atoms. The van der Waals surface area contributed by atoms with Crippen LogP contribution in [0, 0.1) is 0 Å². The number of H-pyrrole nitrogens is 1. The SMILES string of the molecule is C/C(O)=C\c1nc(=O)[nH]nc1-c1ccccc1. The van der Waals surface area contributed by atoms with Gasteiger partial charge in [0.1, 0.15) is 11.4 Å². The lowest BCUT2D eigenvalue weighted by Crippen LogP contribution is -2.14. The van der Waals surface area contributed by atoms with Crippen molar-refractivity contribution in [2.75, 3.05) is 0 Å². The zero-order chi connectivity index (χ0) is 12.3. The molecule has 5 heteroatoms. The van der Waals surface area contributed by atoms with E-state index in [0.29, 0.717) is 11.4 Å². The van der Waals surface area contributed by atoms with E-state index >= 15 is 0 Å². The van der Waals surface area contributed by atoms with Gasteiger partial charge in [-0.05, 0) is 6.92 Å². The Morgan fingerprint density at radius 3 is 2.71 bits per heavy atom. The van der Waals surface area contributed by atoms with Crippen LogP contribution in [0.1, 0.15) is 12.6 Å². The molecule has 2 aromatic rings. The Hall–Kier alpha value is -2.43. The Morgan fingerprint density at radius 1 is 1.35 bits per heavy atom. The number of nitrogens with zero attached hydrogens (tertiary/aromatic N) is 2. The summed E-state index contributed by atoms with van der Waals surface area (Å²) in [5.74, 6) is 0.0714. The number of benzene rings is 1. The quantitative estimate of drug-likeness (QED) is 0.769. The highest BCUT2D eigenvalue weighted by atomic mass is 16.3. The fraction of sp³-hybridized carbons (Fsp3) is 0.0833. The molecule has 17 heavy (non-hydrogen) atoms. The van der Waals surface area contributed by atoms with E-state index in [1.807, 2.05) is 30.3 Å². The fourth-order valence-corrected chi connectivity index (χ4v) is 1.46. The van der Waals surface area contributed by atoms with Crippen molar-refractivity contribution in [1.82, 2.24) is 15.2 Å². The average molecular weight is 229 g/mol. The highest BCUT2D eigenvalue weighted by Crippen LogP contribution is 2.19. The molecule has 0 amide bonds. The molecule has 0 atom stereocenters. The minimum absolute atomic E-state index is 0.0714. The molecule has 0 aliphatic rings. The van der Waals surface area contributed by atoms with Crippen LogP contribution in [0.15, 0.2) is 40.9 Å². The minimum Gasteiger partial charge on any atom is -0.513 e. The molecule has 0 unspecified atom stereocenters. The van der Waals surface area contributed by atoms with E-state index in [4.69, 9.17) is 0 Å². The molecule has 0 bridgehead atoms. The second-order valence-corrected chi connectivity index (χ2v) is 3.53. The second kappa shape index (κ2) is 4.61. The Balaban J connectivity index is 2.62. The summed E-state index contributed by atoms with van der Waals surface area (Å²) in [6, 6.07) is 9.32. The Bertz CT molecular complexity index is 599. The summed E-state index contributed by atoms with van der Waals surface area (Å²) in [6.45, 7) is 1.51. The number of aliphatic hydroxyl groups is 1. The second-order valence-electron chi connectivity index (χ2n) is 3.53. The highest BCUT2D eigenvalue weighted by molar-refractivity contribution is 5.69. The van der Waals surface area contributed by atoms with Gasteiger partial charge < -0.3 is 5.11 Å². The summed E-state index contributed by atoms with van der Waals surface area (Å²) in [7, 11) is 0. The van der Waals surface area contributed by atoms with Gasteiger partial charge in [0.2, 0.25) is 0 Å². The molecule has 0 radical (unpaired) electrons. The van der Waals surface area contributed by atoms with Crippen LogP contribution in [0.5, 0.6) is 0 Å². The van der Waals surface area contributed by atoms with Gasteiger partial charge in [0.15, 0.2) is 0 Å². The Kier molecular flexibility index (Phi) is 3.00. The Labute approximate surface area is 97.5 Å². The maximum atomic E-state index is 11.1. The van der Waals surface area contributed by atoms with Crippen LogP contribution in [0.2, 0.25) is 0 Å². The van der Waals surface area contributed by atoms with Crippen molar-refractivity contribution < 1.29 is 5.11 Å². The zero-order valence-corrected chi connectivity index (χ0v) is 9.21. The van der Waals surface area contributed by atoms with E-state index in [9.17, 15) is 9.90 Å². The molecule has 0 aliphatic carbocycles. The van der Waals surface area contributed by atoms with Crippen LogP contribution >= 0.6 is 0 Å². The number of rotatable bonds is 2. The van der Waals surface area contributed by atoms with E-state index in [0.717, 1.165) is 5.56 Å². The smallest absolute Gasteiger partial charge is 0.361 e. The van der Waals surface area contributed by atoms with Crippen LogP contribution in [-0.2, 0) is 0 Å². The van der Waals surface area contributed by atoms with Crippen molar-refractivity contribution in [3.05, 3.63) is 52.3 Å². The van der Waals surface area contributed by atoms with Crippen LogP contribution in [0.25, 0.3) is 17.3 Å². The molecule has 1 heterocycles. The van der Waals surface area contributed by atoms with Gasteiger partial charge in [-0.2, -0.15) is 10.1 Å². The number of hydrogen-bond donors (Lipinski definition) is 2. The van der Waals surface area contributed by atoms with Gasteiger partial charge in [0.05, 0.1) is 5.76 Å². The molecular formula is C12H11N3O2. The first-order valence-corrected chi connectivity index (χ1v) is 5.06. The van der Waals surface area contributed by atoms with Crippen LogP contribution in [-0.4, -0.2) is 20.3 Å². The van der Waals surface area contributed by atoms with E-state index < -0.39 is 5.69 Å². The molecule has 1 aromatic carbocycles. The fourth-order valence-electron chi connectivity index (χ4n) is 1.46. The van der Waals surface area contributed by atoms with Gasteiger partial charge in [0, 0.05) is 11.6 Å². The predicted octanol–water partition coefficient (Wildman–Crippen LogP) is 1.75. The summed E-state index contributed by atoms with van der Waals surface area (Å²) >= 11 is 0. The molecular weight excluding hydrogens is 218 g/mol. The monoisotopic (exact) mass is 229 g/mol. The molecule has 2 rings (SSSR count). The third-order valence-electron chi connectivity index (χ3n) is 2.12. The van der Waals surface area contributed by atoms with Crippen LogP contribution in [0.4, 0.5) is 0 Å². The number of aromatic amines is 1. The average Bonchev–Trinajstić information content (AvgIpc) is 2.29. The Morgan fingerprint density at radius 2 is 2.06 bits per heavy atom. The molecule has 5 nitrogen and oxygen atoms in total. The van der Waals surface area contributed by atoms with Gasteiger partial charge in [-0.1, -0.05) is 30.3 Å². The number of aliphatic hydroxyl groups excluding tert-OH is 1. The lowest BCUT2D eigenvalue weighted by Gasteiger charge is -2.02. The third-order valence-corrected chi connectivity index (χ3v) is 2.12. The maximum Gasteiger partial charge on any atom is 0.361 e. The van der Waals surface area contributed by atoms with Gasteiger partial charge >= 0.3 is 5.69 Å². The van der Waals surface area contributed by atoms with E-state index in [-0.39, 0.29) is 5.76 Å². The topological polar surface area (TPSA) is 78.9 Å². The maximum absolute atomic E-state index is 11.1. The van der Waals surface area contributed by atoms with Gasteiger partial charge in [-0.25, -0.2) is 9.89 Å².